The average Bonchev–Trinajstić information content (AvgIpc) is 2.80. The second kappa shape index (κ2) is 4.94. The van der Waals surface area contributed by atoms with Crippen molar-refractivity contribution < 1.29 is 0 Å². The second-order valence-corrected chi connectivity index (χ2v) is 5.15. The summed E-state index contributed by atoms with van der Waals surface area (Å²) in [6.45, 7) is 6.45. The molecule has 1 N–H and O–H groups in total. The topological polar surface area (TPSA) is 37.8 Å². The summed E-state index contributed by atoms with van der Waals surface area (Å²) in [5, 5.41) is 7.25. The normalized spacial score (nSPS) is 12.7. The van der Waals surface area contributed by atoms with Crippen LogP contribution in [0.2, 0.25) is 0 Å². The molecule has 0 saturated carbocycles. The van der Waals surface area contributed by atoms with Crippen molar-refractivity contribution in [3.8, 4) is 0 Å². The lowest BCUT2D eigenvalue weighted by Gasteiger charge is -2.18. The molecule has 17 heavy (non-hydrogen) atoms. The van der Waals surface area contributed by atoms with Crippen LogP contribution in [0.25, 0.3) is 0 Å². The van der Waals surface area contributed by atoms with E-state index < -0.39 is 0 Å². The average molecular weight is 247 g/mol. The Bertz CT molecular complexity index is 506. The molecule has 2 rings (SSSR count). The highest BCUT2D eigenvalue weighted by Crippen LogP contribution is 2.28. The van der Waals surface area contributed by atoms with E-state index in [0.29, 0.717) is 0 Å². The quantitative estimate of drug-likeness (QED) is 0.906. The van der Waals surface area contributed by atoms with Crippen LogP contribution in [0, 0.1) is 20.8 Å². The molecule has 1 aromatic heterocycles. The van der Waals surface area contributed by atoms with Gasteiger partial charge in [-0.3, -0.25) is 0 Å². The highest BCUT2D eigenvalue weighted by Gasteiger charge is 2.17. The van der Waals surface area contributed by atoms with Gasteiger partial charge in [0.1, 0.15) is 0 Å². The van der Waals surface area contributed by atoms with Crippen LogP contribution in [0.5, 0.6) is 0 Å². The van der Waals surface area contributed by atoms with Gasteiger partial charge >= 0.3 is 0 Å². The van der Waals surface area contributed by atoms with Crippen LogP contribution in [0.4, 0.5) is 0 Å². The van der Waals surface area contributed by atoms with E-state index >= 15 is 0 Å². The molecule has 0 aliphatic carbocycles. The Balaban J connectivity index is 2.48. The summed E-state index contributed by atoms with van der Waals surface area (Å²) >= 11 is 1.45. The van der Waals surface area contributed by atoms with Gasteiger partial charge in [-0.1, -0.05) is 16.6 Å². The number of aromatic nitrogens is 2. The largest absolute Gasteiger partial charge is 0.309 e. The minimum Gasteiger partial charge on any atom is -0.309 e. The van der Waals surface area contributed by atoms with E-state index in [-0.39, 0.29) is 6.04 Å². The molecule has 2 aromatic rings. The lowest BCUT2D eigenvalue weighted by molar-refractivity contribution is 0.697. The smallest absolute Gasteiger partial charge is 0.0703 e. The van der Waals surface area contributed by atoms with Gasteiger partial charge in [-0.05, 0) is 61.6 Å². The van der Waals surface area contributed by atoms with E-state index in [0.717, 1.165) is 4.88 Å². The molecule has 0 aliphatic heterocycles. The molecule has 0 saturated heterocycles. The highest BCUT2D eigenvalue weighted by atomic mass is 32.1. The second-order valence-electron chi connectivity index (χ2n) is 4.33. The summed E-state index contributed by atoms with van der Waals surface area (Å²) in [5.74, 6) is 0. The summed E-state index contributed by atoms with van der Waals surface area (Å²) in [4.78, 5) is 1.15. The number of aryl methyl sites for hydroxylation is 3. The number of nitrogens with zero attached hydrogens (tertiary/aromatic N) is 2. The maximum absolute atomic E-state index is 3.94. The monoisotopic (exact) mass is 247 g/mol. The van der Waals surface area contributed by atoms with Crippen molar-refractivity contribution in [2.24, 2.45) is 0 Å². The number of hydrogen-bond donors (Lipinski definition) is 1. The zero-order chi connectivity index (χ0) is 12.4. The SMILES string of the molecule is CNC(c1cnns1)c1cc(C)c(C)cc1C. The molecule has 0 aliphatic rings. The van der Waals surface area contributed by atoms with Crippen LogP contribution in [-0.2, 0) is 0 Å². The first-order valence-electron chi connectivity index (χ1n) is 5.65. The molecule has 0 bridgehead atoms. The Labute approximate surface area is 106 Å². The van der Waals surface area contributed by atoms with E-state index in [1.54, 1.807) is 0 Å². The van der Waals surface area contributed by atoms with Gasteiger partial charge < -0.3 is 5.32 Å². The first-order chi connectivity index (χ1) is 8.13. The first kappa shape index (κ1) is 12.2. The standard InChI is InChI=1S/C13H17N3S/c1-8-5-10(3)11(6-9(8)2)13(14-4)12-7-15-16-17-12/h5-7,13-14H,1-4H3. The molecule has 1 atom stereocenters. The van der Waals surface area contributed by atoms with Crippen LogP contribution in [0.3, 0.4) is 0 Å². The fourth-order valence-corrected chi connectivity index (χ4v) is 2.68. The van der Waals surface area contributed by atoms with Gasteiger partial charge in [-0.15, -0.1) is 5.10 Å². The fraction of sp³-hybridized carbons (Fsp3) is 0.385. The predicted molar refractivity (Wildman–Crippen MR) is 71.5 cm³/mol. The number of benzene rings is 1. The summed E-state index contributed by atoms with van der Waals surface area (Å²) in [6, 6.07) is 4.68. The predicted octanol–water partition coefficient (Wildman–Crippen LogP) is 2.77. The molecule has 4 heteroatoms. The fourth-order valence-electron chi connectivity index (χ4n) is 2.05. The Morgan fingerprint density at radius 1 is 1.12 bits per heavy atom. The van der Waals surface area contributed by atoms with Gasteiger partial charge in [-0.25, -0.2) is 0 Å². The molecule has 1 heterocycles. The third-order valence-corrected chi connectivity index (χ3v) is 3.87. The van der Waals surface area contributed by atoms with Crippen molar-refractivity contribution in [3.05, 3.63) is 45.5 Å². The summed E-state index contributed by atoms with van der Waals surface area (Å²) in [5.41, 5.74) is 5.27. The minimum absolute atomic E-state index is 0.189. The van der Waals surface area contributed by atoms with Gasteiger partial charge in [-0.2, -0.15) is 0 Å². The molecule has 90 valence electrons. The van der Waals surface area contributed by atoms with Crippen LogP contribution in [0.1, 0.15) is 33.2 Å². The Morgan fingerprint density at radius 2 is 1.82 bits per heavy atom. The van der Waals surface area contributed by atoms with E-state index in [1.165, 1.54) is 33.8 Å². The zero-order valence-corrected chi connectivity index (χ0v) is 11.4. The van der Waals surface area contributed by atoms with E-state index in [1.807, 2.05) is 13.2 Å². The third-order valence-electron chi connectivity index (χ3n) is 3.14. The van der Waals surface area contributed by atoms with Gasteiger partial charge in [0.25, 0.3) is 0 Å². The van der Waals surface area contributed by atoms with Crippen molar-refractivity contribution >= 4 is 11.5 Å². The summed E-state index contributed by atoms with van der Waals surface area (Å²) in [7, 11) is 1.97. The van der Waals surface area contributed by atoms with Crippen molar-refractivity contribution in [2.45, 2.75) is 26.8 Å². The van der Waals surface area contributed by atoms with Gasteiger partial charge in [0, 0.05) is 0 Å². The molecule has 1 aromatic carbocycles. The molecule has 3 nitrogen and oxygen atoms in total. The van der Waals surface area contributed by atoms with Crippen molar-refractivity contribution in [2.75, 3.05) is 7.05 Å². The van der Waals surface area contributed by atoms with Crippen LogP contribution >= 0.6 is 11.5 Å². The Hall–Kier alpha value is -1.26. The molecule has 0 amide bonds. The Kier molecular flexibility index (Phi) is 3.54. The number of nitrogens with one attached hydrogen (secondary N) is 1. The third kappa shape index (κ3) is 2.37. The first-order valence-corrected chi connectivity index (χ1v) is 6.43. The molecule has 1 unspecified atom stereocenters. The summed E-state index contributed by atoms with van der Waals surface area (Å²) < 4.78 is 3.94. The maximum atomic E-state index is 3.94. The van der Waals surface area contributed by atoms with Crippen LogP contribution in [-0.4, -0.2) is 16.6 Å². The van der Waals surface area contributed by atoms with Gasteiger partial charge in [0.2, 0.25) is 0 Å². The molecule has 0 spiro atoms. The maximum Gasteiger partial charge on any atom is 0.0703 e. The van der Waals surface area contributed by atoms with E-state index in [4.69, 9.17) is 0 Å². The lowest BCUT2D eigenvalue weighted by atomic mass is 9.95. The lowest BCUT2D eigenvalue weighted by Crippen LogP contribution is -2.18. The number of hydrogen-bond acceptors (Lipinski definition) is 4. The van der Waals surface area contributed by atoms with Crippen molar-refractivity contribution in [1.82, 2.24) is 14.9 Å². The van der Waals surface area contributed by atoms with Gasteiger partial charge in [0.05, 0.1) is 17.1 Å². The molecule has 0 fully saturated rings. The molecular formula is C13H17N3S. The minimum atomic E-state index is 0.189. The molecule has 0 radical (unpaired) electrons. The van der Waals surface area contributed by atoms with E-state index in [2.05, 4.69) is 47.8 Å². The van der Waals surface area contributed by atoms with E-state index in [9.17, 15) is 0 Å². The van der Waals surface area contributed by atoms with Crippen LogP contribution < -0.4 is 5.32 Å². The van der Waals surface area contributed by atoms with Gasteiger partial charge in [0.15, 0.2) is 0 Å². The van der Waals surface area contributed by atoms with Crippen molar-refractivity contribution in [3.63, 3.8) is 0 Å². The highest BCUT2D eigenvalue weighted by molar-refractivity contribution is 7.05. The molecular weight excluding hydrogens is 230 g/mol. The van der Waals surface area contributed by atoms with Crippen molar-refractivity contribution in [1.29, 1.82) is 0 Å². The Morgan fingerprint density at radius 3 is 2.41 bits per heavy atom. The summed E-state index contributed by atoms with van der Waals surface area (Å²) in [6.07, 6.45) is 1.83. The zero-order valence-electron chi connectivity index (χ0n) is 10.6. The van der Waals surface area contributed by atoms with Crippen LogP contribution in [0.15, 0.2) is 18.3 Å². The number of rotatable bonds is 3.